The SMILES string of the molecule is CCOc1ccccc1N=Cc1c(O)[nH]c2ccc(OC)cc12. The highest BCUT2D eigenvalue weighted by atomic mass is 16.5. The van der Waals surface area contributed by atoms with Crippen molar-refractivity contribution in [2.45, 2.75) is 6.92 Å². The van der Waals surface area contributed by atoms with Crippen LogP contribution in [0.2, 0.25) is 0 Å². The highest BCUT2D eigenvalue weighted by molar-refractivity contribution is 6.03. The van der Waals surface area contributed by atoms with E-state index in [0.29, 0.717) is 23.6 Å². The van der Waals surface area contributed by atoms with E-state index in [1.165, 1.54) is 0 Å². The van der Waals surface area contributed by atoms with Crippen molar-refractivity contribution in [3.8, 4) is 17.4 Å². The van der Waals surface area contributed by atoms with Gasteiger partial charge in [0.05, 0.1) is 19.3 Å². The molecule has 3 rings (SSSR count). The third-order valence-corrected chi connectivity index (χ3v) is 3.52. The van der Waals surface area contributed by atoms with E-state index in [4.69, 9.17) is 9.47 Å². The van der Waals surface area contributed by atoms with Gasteiger partial charge in [0.2, 0.25) is 0 Å². The van der Waals surface area contributed by atoms with E-state index in [-0.39, 0.29) is 5.88 Å². The van der Waals surface area contributed by atoms with E-state index >= 15 is 0 Å². The van der Waals surface area contributed by atoms with Crippen LogP contribution < -0.4 is 9.47 Å². The maximum absolute atomic E-state index is 10.1. The second-order valence-electron chi connectivity index (χ2n) is 4.96. The van der Waals surface area contributed by atoms with Crippen LogP contribution in [-0.4, -0.2) is 30.0 Å². The van der Waals surface area contributed by atoms with Crippen molar-refractivity contribution in [3.63, 3.8) is 0 Å². The molecule has 0 spiro atoms. The highest BCUT2D eigenvalue weighted by Crippen LogP contribution is 2.31. The maximum atomic E-state index is 10.1. The molecule has 0 unspecified atom stereocenters. The Kier molecular flexibility index (Phi) is 4.19. The van der Waals surface area contributed by atoms with Gasteiger partial charge < -0.3 is 19.6 Å². The zero-order valence-corrected chi connectivity index (χ0v) is 13.0. The topological polar surface area (TPSA) is 66.8 Å². The second-order valence-corrected chi connectivity index (χ2v) is 4.96. The van der Waals surface area contributed by atoms with Gasteiger partial charge in [-0.1, -0.05) is 12.1 Å². The molecule has 0 aliphatic heterocycles. The van der Waals surface area contributed by atoms with Gasteiger partial charge in [-0.15, -0.1) is 0 Å². The summed E-state index contributed by atoms with van der Waals surface area (Å²) in [6, 6.07) is 13.1. The summed E-state index contributed by atoms with van der Waals surface area (Å²) < 4.78 is 10.8. The first-order chi connectivity index (χ1) is 11.2. The number of hydrogen-bond acceptors (Lipinski definition) is 4. The number of rotatable bonds is 5. The van der Waals surface area contributed by atoms with Gasteiger partial charge in [-0.05, 0) is 37.3 Å². The first-order valence-corrected chi connectivity index (χ1v) is 7.37. The molecule has 1 aromatic heterocycles. The average Bonchev–Trinajstić information content (AvgIpc) is 2.88. The molecule has 23 heavy (non-hydrogen) atoms. The van der Waals surface area contributed by atoms with Crippen molar-refractivity contribution in [2.75, 3.05) is 13.7 Å². The number of benzene rings is 2. The summed E-state index contributed by atoms with van der Waals surface area (Å²) in [5.41, 5.74) is 2.15. The van der Waals surface area contributed by atoms with Gasteiger partial charge >= 0.3 is 0 Å². The fourth-order valence-corrected chi connectivity index (χ4v) is 2.41. The van der Waals surface area contributed by atoms with Gasteiger partial charge in [0, 0.05) is 17.1 Å². The van der Waals surface area contributed by atoms with Gasteiger partial charge in [0.15, 0.2) is 5.88 Å². The van der Waals surface area contributed by atoms with E-state index in [0.717, 1.165) is 16.7 Å². The van der Waals surface area contributed by atoms with Crippen molar-refractivity contribution in [1.29, 1.82) is 0 Å². The molecular formula is C18H18N2O3. The van der Waals surface area contributed by atoms with Crippen LogP contribution in [0.25, 0.3) is 10.9 Å². The van der Waals surface area contributed by atoms with Crippen molar-refractivity contribution in [1.82, 2.24) is 4.98 Å². The van der Waals surface area contributed by atoms with E-state index in [9.17, 15) is 5.11 Å². The molecule has 1 heterocycles. The Morgan fingerprint density at radius 2 is 2.04 bits per heavy atom. The standard InChI is InChI=1S/C18H18N2O3/c1-3-23-17-7-5-4-6-16(17)19-11-14-13-10-12(22-2)8-9-15(13)20-18(14)21/h4-11,20-21H,3H2,1-2H3. The number of H-pyrrole nitrogens is 1. The van der Waals surface area contributed by atoms with Gasteiger partial charge in [0.25, 0.3) is 0 Å². The van der Waals surface area contributed by atoms with Gasteiger partial charge in [-0.3, -0.25) is 4.99 Å². The molecule has 2 aromatic carbocycles. The lowest BCUT2D eigenvalue weighted by atomic mass is 10.1. The fourth-order valence-electron chi connectivity index (χ4n) is 2.41. The van der Waals surface area contributed by atoms with Gasteiger partial charge in [0.1, 0.15) is 17.2 Å². The lowest BCUT2D eigenvalue weighted by Gasteiger charge is -2.05. The van der Waals surface area contributed by atoms with Crippen LogP contribution in [0.4, 0.5) is 5.69 Å². The van der Waals surface area contributed by atoms with E-state index in [2.05, 4.69) is 9.98 Å². The summed E-state index contributed by atoms with van der Waals surface area (Å²) in [5, 5.41) is 11.0. The Morgan fingerprint density at radius 3 is 2.83 bits per heavy atom. The molecule has 0 saturated heterocycles. The normalized spacial score (nSPS) is 11.2. The van der Waals surface area contributed by atoms with Crippen molar-refractivity contribution >= 4 is 22.8 Å². The quantitative estimate of drug-likeness (QED) is 0.699. The van der Waals surface area contributed by atoms with E-state index in [1.807, 2.05) is 49.4 Å². The molecule has 2 N–H and O–H groups in total. The largest absolute Gasteiger partial charge is 0.497 e. The highest BCUT2D eigenvalue weighted by Gasteiger charge is 2.10. The molecule has 0 amide bonds. The molecule has 5 heteroatoms. The van der Waals surface area contributed by atoms with Crippen LogP contribution in [-0.2, 0) is 0 Å². The van der Waals surface area contributed by atoms with Crippen LogP contribution in [0, 0.1) is 0 Å². The summed E-state index contributed by atoms with van der Waals surface area (Å²) >= 11 is 0. The maximum Gasteiger partial charge on any atom is 0.198 e. The summed E-state index contributed by atoms with van der Waals surface area (Å²) in [6.07, 6.45) is 1.63. The zero-order valence-electron chi connectivity index (χ0n) is 13.0. The Labute approximate surface area is 134 Å². The second kappa shape index (κ2) is 6.44. The Bertz CT molecular complexity index is 853. The van der Waals surface area contributed by atoms with Crippen molar-refractivity contribution in [2.24, 2.45) is 4.99 Å². The molecule has 3 aromatic rings. The lowest BCUT2D eigenvalue weighted by molar-refractivity contribution is 0.341. The number of fused-ring (bicyclic) bond motifs is 1. The number of nitrogens with one attached hydrogen (secondary N) is 1. The van der Waals surface area contributed by atoms with Gasteiger partial charge in [-0.25, -0.2) is 0 Å². The number of ether oxygens (including phenoxy) is 2. The summed E-state index contributed by atoms with van der Waals surface area (Å²) in [5.74, 6) is 1.51. The lowest BCUT2D eigenvalue weighted by Crippen LogP contribution is -1.91. The number of aliphatic imine (C=N–C) groups is 1. The molecule has 0 bridgehead atoms. The summed E-state index contributed by atoms with van der Waals surface area (Å²) in [7, 11) is 1.61. The molecule has 5 nitrogen and oxygen atoms in total. The van der Waals surface area contributed by atoms with Crippen LogP contribution in [0.3, 0.4) is 0 Å². The fraction of sp³-hybridized carbons (Fsp3) is 0.167. The monoisotopic (exact) mass is 310 g/mol. The number of methoxy groups -OCH3 is 1. The zero-order chi connectivity index (χ0) is 16.2. The van der Waals surface area contributed by atoms with Crippen LogP contribution >= 0.6 is 0 Å². The molecule has 0 aliphatic rings. The average molecular weight is 310 g/mol. The Morgan fingerprint density at radius 1 is 1.22 bits per heavy atom. The minimum absolute atomic E-state index is 0.0749. The number of aromatic hydroxyl groups is 1. The molecular weight excluding hydrogens is 292 g/mol. The smallest absolute Gasteiger partial charge is 0.198 e. The first kappa shape index (κ1) is 15.0. The number of aromatic amines is 1. The predicted octanol–water partition coefficient (Wildman–Crippen LogP) is 4.03. The van der Waals surface area contributed by atoms with Crippen LogP contribution in [0.15, 0.2) is 47.5 Å². The Balaban J connectivity index is 2.02. The molecule has 0 aliphatic carbocycles. The molecule has 118 valence electrons. The molecule has 0 saturated carbocycles. The van der Waals surface area contributed by atoms with Gasteiger partial charge in [-0.2, -0.15) is 0 Å². The number of nitrogens with zero attached hydrogens (tertiary/aromatic N) is 1. The predicted molar refractivity (Wildman–Crippen MR) is 91.4 cm³/mol. The van der Waals surface area contributed by atoms with Crippen molar-refractivity contribution < 1.29 is 14.6 Å². The van der Waals surface area contributed by atoms with Crippen LogP contribution in [0.5, 0.6) is 17.4 Å². The molecule has 0 radical (unpaired) electrons. The number of aromatic nitrogens is 1. The number of para-hydroxylation sites is 2. The van der Waals surface area contributed by atoms with E-state index in [1.54, 1.807) is 13.3 Å². The van der Waals surface area contributed by atoms with Crippen LogP contribution in [0.1, 0.15) is 12.5 Å². The molecule has 0 atom stereocenters. The third kappa shape index (κ3) is 2.99. The minimum Gasteiger partial charge on any atom is -0.497 e. The summed E-state index contributed by atoms with van der Waals surface area (Å²) in [4.78, 5) is 7.39. The number of hydrogen-bond donors (Lipinski definition) is 2. The van der Waals surface area contributed by atoms with Crippen molar-refractivity contribution in [3.05, 3.63) is 48.0 Å². The first-order valence-electron chi connectivity index (χ1n) is 7.37. The minimum atomic E-state index is 0.0749. The summed E-state index contributed by atoms with van der Waals surface area (Å²) in [6.45, 7) is 2.50. The third-order valence-electron chi connectivity index (χ3n) is 3.52. The Hall–Kier alpha value is -2.95. The molecule has 0 fully saturated rings. The van der Waals surface area contributed by atoms with E-state index < -0.39 is 0 Å².